The number of piperazine rings is 1. The number of pyridine rings is 1. The first-order valence-electron chi connectivity index (χ1n) is 9.85. The average Bonchev–Trinajstić information content (AvgIpc) is 3.59. The molecule has 138 valence electrons. The quantitative estimate of drug-likeness (QED) is 0.698. The van der Waals surface area contributed by atoms with E-state index in [2.05, 4.69) is 52.3 Å². The van der Waals surface area contributed by atoms with Crippen LogP contribution in [0.25, 0.3) is 22.0 Å². The lowest BCUT2D eigenvalue weighted by molar-refractivity contribution is 0.248. The molecule has 5 rings (SSSR count). The molecule has 1 saturated heterocycles. The molecule has 4 heteroatoms. The molecule has 1 aliphatic carbocycles. The lowest BCUT2D eigenvalue weighted by Crippen LogP contribution is -2.47. The normalized spacial score (nSPS) is 18.0. The Bertz CT molecular complexity index is 941. The second kappa shape index (κ2) is 6.86. The number of fused-ring (bicyclic) bond motifs is 1. The van der Waals surface area contributed by atoms with Gasteiger partial charge in [-0.1, -0.05) is 24.3 Å². The van der Waals surface area contributed by atoms with E-state index in [0.717, 1.165) is 55.0 Å². The Kier molecular flexibility index (Phi) is 4.21. The first-order chi connectivity index (χ1) is 13.3. The highest BCUT2D eigenvalue weighted by molar-refractivity contribution is 5.95. The van der Waals surface area contributed by atoms with Gasteiger partial charge in [0.2, 0.25) is 0 Å². The number of ether oxygens (including phenoxy) is 1. The molecule has 0 radical (unpaired) electrons. The molecule has 1 aromatic heterocycles. The molecular formula is C23H25N3O. The van der Waals surface area contributed by atoms with Gasteiger partial charge in [0.1, 0.15) is 11.6 Å². The predicted molar refractivity (Wildman–Crippen MR) is 111 cm³/mol. The topological polar surface area (TPSA) is 28.6 Å². The van der Waals surface area contributed by atoms with Crippen molar-refractivity contribution in [2.24, 2.45) is 0 Å². The fourth-order valence-corrected chi connectivity index (χ4v) is 4.07. The number of benzene rings is 2. The van der Waals surface area contributed by atoms with Gasteiger partial charge in [0, 0.05) is 43.2 Å². The highest BCUT2D eigenvalue weighted by atomic mass is 16.5. The average molecular weight is 359 g/mol. The van der Waals surface area contributed by atoms with Crippen LogP contribution in [0.5, 0.6) is 5.75 Å². The molecule has 0 N–H and O–H groups in total. The molecule has 27 heavy (non-hydrogen) atoms. The van der Waals surface area contributed by atoms with Crippen molar-refractivity contribution in [2.75, 3.05) is 38.2 Å². The second-order valence-electron chi connectivity index (χ2n) is 7.53. The molecule has 3 aromatic rings. The van der Waals surface area contributed by atoms with Gasteiger partial charge < -0.3 is 9.64 Å². The van der Waals surface area contributed by atoms with Gasteiger partial charge >= 0.3 is 0 Å². The lowest BCUT2D eigenvalue weighted by atomic mass is 10.1. The Hall–Kier alpha value is -2.59. The van der Waals surface area contributed by atoms with Crippen LogP contribution in [0.15, 0.2) is 54.6 Å². The molecule has 0 unspecified atom stereocenters. The third-order valence-electron chi connectivity index (χ3n) is 5.78. The highest BCUT2D eigenvalue weighted by Crippen LogP contribution is 2.33. The largest absolute Gasteiger partial charge is 0.497 e. The number of rotatable bonds is 4. The van der Waals surface area contributed by atoms with Crippen molar-refractivity contribution >= 4 is 16.6 Å². The monoisotopic (exact) mass is 359 g/mol. The van der Waals surface area contributed by atoms with Crippen LogP contribution >= 0.6 is 0 Å². The Morgan fingerprint density at radius 3 is 2.37 bits per heavy atom. The molecule has 4 nitrogen and oxygen atoms in total. The molecular weight excluding hydrogens is 334 g/mol. The molecule has 2 fully saturated rings. The molecule has 2 aliphatic rings. The van der Waals surface area contributed by atoms with Gasteiger partial charge in [0.15, 0.2) is 0 Å². The zero-order valence-electron chi connectivity index (χ0n) is 15.8. The maximum atomic E-state index is 5.30. The van der Waals surface area contributed by atoms with Crippen LogP contribution in [-0.2, 0) is 0 Å². The number of aromatic nitrogens is 1. The fourth-order valence-electron chi connectivity index (χ4n) is 4.07. The van der Waals surface area contributed by atoms with Crippen LogP contribution in [0, 0.1) is 0 Å². The Morgan fingerprint density at radius 2 is 1.67 bits per heavy atom. The van der Waals surface area contributed by atoms with Crippen molar-refractivity contribution in [3.63, 3.8) is 0 Å². The molecule has 2 aromatic carbocycles. The van der Waals surface area contributed by atoms with E-state index in [1.165, 1.54) is 23.6 Å². The van der Waals surface area contributed by atoms with E-state index in [9.17, 15) is 0 Å². The zero-order valence-corrected chi connectivity index (χ0v) is 15.8. The van der Waals surface area contributed by atoms with E-state index in [4.69, 9.17) is 9.72 Å². The molecule has 0 amide bonds. The Labute approximate surface area is 160 Å². The van der Waals surface area contributed by atoms with E-state index >= 15 is 0 Å². The van der Waals surface area contributed by atoms with Crippen molar-refractivity contribution in [3.05, 3.63) is 54.6 Å². The predicted octanol–water partition coefficient (Wildman–Crippen LogP) is 4.19. The SMILES string of the molecule is COc1ccc(-c2cc3ccccc3c(N3CCN(C4CC4)CC3)n2)cc1. The summed E-state index contributed by atoms with van der Waals surface area (Å²) >= 11 is 0. The standard InChI is InChI=1S/C23H25N3O/c1-27-20-10-6-17(7-11-20)22-16-18-4-2-3-5-21(18)23(24-22)26-14-12-25(13-15-26)19-8-9-19/h2-7,10-11,16,19H,8-9,12-15H2,1H3. The minimum absolute atomic E-state index is 0.850. The van der Waals surface area contributed by atoms with Gasteiger partial charge in [-0.25, -0.2) is 4.98 Å². The van der Waals surface area contributed by atoms with Crippen molar-refractivity contribution in [1.29, 1.82) is 0 Å². The summed E-state index contributed by atoms with van der Waals surface area (Å²) in [6.45, 7) is 4.40. The van der Waals surface area contributed by atoms with E-state index in [1.807, 2.05) is 12.1 Å². The summed E-state index contributed by atoms with van der Waals surface area (Å²) in [5.74, 6) is 1.99. The molecule has 0 bridgehead atoms. The van der Waals surface area contributed by atoms with Crippen LogP contribution in [0.1, 0.15) is 12.8 Å². The molecule has 0 spiro atoms. The third kappa shape index (κ3) is 3.26. The van der Waals surface area contributed by atoms with Crippen molar-refractivity contribution in [1.82, 2.24) is 9.88 Å². The van der Waals surface area contributed by atoms with E-state index < -0.39 is 0 Å². The van der Waals surface area contributed by atoms with Crippen LogP contribution in [-0.4, -0.2) is 49.2 Å². The van der Waals surface area contributed by atoms with Crippen LogP contribution in [0.3, 0.4) is 0 Å². The molecule has 1 saturated carbocycles. The van der Waals surface area contributed by atoms with Crippen LogP contribution < -0.4 is 9.64 Å². The number of methoxy groups -OCH3 is 1. The summed E-state index contributed by atoms with van der Waals surface area (Å²) in [5.41, 5.74) is 2.15. The second-order valence-corrected chi connectivity index (χ2v) is 7.53. The third-order valence-corrected chi connectivity index (χ3v) is 5.78. The maximum absolute atomic E-state index is 5.30. The smallest absolute Gasteiger partial charge is 0.137 e. The molecule has 1 aliphatic heterocycles. The first kappa shape index (κ1) is 16.6. The van der Waals surface area contributed by atoms with Gasteiger partial charge in [0.05, 0.1) is 12.8 Å². The first-order valence-corrected chi connectivity index (χ1v) is 9.85. The Morgan fingerprint density at radius 1 is 0.926 bits per heavy atom. The minimum Gasteiger partial charge on any atom is -0.497 e. The zero-order chi connectivity index (χ0) is 18.2. The summed E-state index contributed by atoms with van der Waals surface area (Å²) in [6, 6.07) is 19.8. The van der Waals surface area contributed by atoms with Gasteiger partial charge in [0.25, 0.3) is 0 Å². The summed E-state index contributed by atoms with van der Waals surface area (Å²) in [4.78, 5) is 10.2. The van der Waals surface area contributed by atoms with Gasteiger partial charge in [-0.15, -0.1) is 0 Å². The highest BCUT2D eigenvalue weighted by Gasteiger charge is 2.31. The number of hydrogen-bond acceptors (Lipinski definition) is 4. The summed E-state index contributed by atoms with van der Waals surface area (Å²) in [6.07, 6.45) is 2.77. The van der Waals surface area contributed by atoms with Gasteiger partial charge in [-0.2, -0.15) is 0 Å². The van der Waals surface area contributed by atoms with Crippen molar-refractivity contribution in [3.8, 4) is 17.0 Å². The van der Waals surface area contributed by atoms with Crippen LogP contribution in [0.2, 0.25) is 0 Å². The summed E-state index contributed by atoms with van der Waals surface area (Å²) in [5, 5.41) is 2.49. The number of nitrogens with zero attached hydrogens (tertiary/aromatic N) is 3. The fraction of sp³-hybridized carbons (Fsp3) is 0.348. The van der Waals surface area contributed by atoms with Crippen molar-refractivity contribution < 1.29 is 4.74 Å². The minimum atomic E-state index is 0.850. The summed E-state index contributed by atoms with van der Waals surface area (Å²) in [7, 11) is 1.70. The molecule has 2 heterocycles. The lowest BCUT2D eigenvalue weighted by Gasteiger charge is -2.36. The van der Waals surface area contributed by atoms with Gasteiger partial charge in [-0.3, -0.25) is 4.90 Å². The van der Waals surface area contributed by atoms with Crippen molar-refractivity contribution in [2.45, 2.75) is 18.9 Å². The van der Waals surface area contributed by atoms with E-state index in [1.54, 1.807) is 7.11 Å². The molecule has 0 atom stereocenters. The van der Waals surface area contributed by atoms with Crippen LogP contribution in [0.4, 0.5) is 5.82 Å². The number of hydrogen-bond donors (Lipinski definition) is 0. The maximum Gasteiger partial charge on any atom is 0.137 e. The van der Waals surface area contributed by atoms with E-state index in [-0.39, 0.29) is 0 Å². The van der Waals surface area contributed by atoms with E-state index in [0.29, 0.717) is 0 Å². The summed E-state index contributed by atoms with van der Waals surface area (Å²) < 4.78 is 5.30. The number of anilines is 1. The Balaban J connectivity index is 1.52. The van der Waals surface area contributed by atoms with Gasteiger partial charge in [-0.05, 0) is 48.6 Å².